The number of aromatic nitrogens is 1. The molecule has 0 unspecified atom stereocenters. The number of aromatic amines is 1. The maximum Gasteiger partial charge on any atom is 0.124 e. The van der Waals surface area contributed by atoms with Crippen LogP contribution in [-0.4, -0.2) is 10.1 Å². The molecule has 0 atom stereocenters. The largest absolute Gasteiger partial charge is 0.507 e. The monoisotopic (exact) mass is 283 g/mol. The smallest absolute Gasteiger partial charge is 0.124 e. The van der Waals surface area contributed by atoms with E-state index in [9.17, 15) is 5.11 Å². The lowest BCUT2D eigenvalue weighted by molar-refractivity contribution is 0.482. The van der Waals surface area contributed by atoms with Crippen molar-refractivity contribution in [2.45, 2.75) is 0 Å². The number of benzene rings is 4. The highest BCUT2D eigenvalue weighted by molar-refractivity contribution is 6.28. The van der Waals surface area contributed by atoms with Crippen LogP contribution in [0.25, 0.3) is 43.4 Å². The van der Waals surface area contributed by atoms with Crippen molar-refractivity contribution in [2.75, 3.05) is 0 Å². The molecular formula is C20H13NO. The minimum atomic E-state index is 0.330. The summed E-state index contributed by atoms with van der Waals surface area (Å²) in [6.07, 6.45) is 0. The van der Waals surface area contributed by atoms with E-state index in [1.807, 2.05) is 12.1 Å². The summed E-state index contributed by atoms with van der Waals surface area (Å²) >= 11 is 0. The molecule has 1 heterocycles. The van der Waals surface area contributed by atoms with E-state index in [2.05, 4.69) is 53.5 Å². The lowest BCUT2D eigenvalue weighted by Gasteiger charge is -2.05. The fraction of sp³-hybridized carbons (Fsp3) is 0. The molecule has 2 heteroatoms. The Kier molecular flexibility index (Phi) is 2.12. The Morgan fingerprint density at radius 3 is 2.23 bits per heavy atom. The van der Waals surface area contributed by atoms with Gasteiger partial charge in [-0.2, -0.15) is 0 Å². The normalized spacial score (nSPS) is 11.8. The number of H-pyrrole nitrogens is 1. The second-order valence-electron chi connectivity index (χ2n) is 5.70. The van der Waals surface area contributed by atoms with Crippen molar-refractivity contribution in [3.05, 3.63) is 66.7 Å². The third-order valence-electron chi connectivity index (χ3n) is 4.47. The lowest BCUT2D eigenvalue weighted by atomic mass is 9.99. The Hall–Kier alpha value is -3.00. The van der Waals surface area contributed by atoms with Crippen molar-refractivity contribution in [1.82, 2.24) is 4.98 Å². The SMILES string of the molecule is Oc1cccc2ccc3[nH]c4ccc5ccccc5c4c3c12. The van der Waals surface area contributed by atoms with E-state index in [-0.39, 0.29) is 0 Å². The topological polar surface area (TPSA) is 36.0 Å². The summed E-state index contributed by atoms with van der Waals surface area (Å²) in [4.78, 5) is 3.48. The second kappa shape index (κ2) is 4.01. The van der Waals surface area contributed by atoms with E-state index in [4.69, 9.17) is 0 Å². The number of fused-ring (bicyclic) bond motifs is 7. The molecule has 4 aromatic carbocycles. The standard InChI is InChI=1S/C20H13NO/c22-17-7-3-5-13-9-11-16-20(18(13)17)19-14-6-2-1-4-12(14)8-10-15(19)21-16/h1-11,21-22H. The first-order chi connectivity index (χ1) is 10.8. The van der Waals surface area contributed by atoms with Crippen molar-refractivity contribution < 1.29 is 5.11 Å². The molecule has 1 aromatic heterocycles. The number of nitrogens with one attached hydrogen (secondary N) is 1. The van der Waals surface area contributed by atoms with Gasteiger partial charge in [-0.1, -0.05) is 48.5 Å². The highest BCUT2D eigenvalue weighted by Gasteiger charge is 2.13. The van der Waals surface area contributed by atoms with Gasteiger partial charge in [-0.3, -0.25) is 0 Å². The molecule has 0 aliphatic rings. The molecule has 0 fully saturated rings. The van der Waals surface area contributed by atoms with Crippen LogP contribution < -0.4 is 0 Å². The van der Waals surface area contributed by atoms with Gasteiger partial charge in [0.05, 0.1) is 0 Å². The van der Waals surface area contributed by atoms with Crippen LogP contribution in [0.5, 0.6) is 5.75 Å². The summed E-state index contributed by atoms with van der Waals surface area (Å²) < 4.78 is 0. The predicted molar refractivity (Wildman–Crippen MR) is 92.5 cm³/mol. The molecule has 2 nitrogen and oxygen atoms in total. The quantitative estimate of drug-likeness (QED) is 0.396. The molecule has 0 amide bonds. The van der Waals surface area contributed by atoms with Gasteiger partial charge in [-0.15, -0.1) is 0 Å². The summed E-state index contributed by atoms with van der Waals surface area (Å²) in [6.45, 7) is 0. The van der Waals surface area contributed by atoms with E-state index in [1.165, 1.54) is 16.2 Å². The summed E-state index contributed by atoms with van der Waals surface area (Å²) in [6, 6.07) is 22.5. The molecule has 22 heavy (non-hydrogen) atoms. The van der Waals surface area contributed by atoms with E-state index in [0.717, 1.165) is 27.2 Å². The molecule has 0 radical (unpaired) electrons. The molecule has 0 saturated heterocycles. The average Bonchev–Trinajstić information content (AvgIpc) is 2.94. The highest BCUT2D eigenvalue weighted by Crippen LogP contribution is 2.39. The number of hydrogen-bond acceptors (Lipinski definition) is 1. The molecule has 2 N–H and O–H groups in total. The van der Waals surface area contributed by atoms with Gasteiger partial charge in [0.1, 0.15) is 5.75 Å². The zero-order chi connectivity index (χ0) is 14.7. The summed E-state index contributed by atoms with van der Waals surface area (Å²) in [5, 5.41) is 17.1. The summed E-state index contributed by atoms with van der Waals surface area (Å²) in [7, 11) is 0. The molecule has 104 valence electrons. The lowest BCUT2D eigenvalue weighted by Crippen LogP contribution is -1.77. The van der Waals surface area contributed by atoms with Gasteiger partial charge in [-0.05, 0) is 34.4 Å². The molecular weight excluding hydrogens is 270 g/mol. The van der Waals surface area contributed by atoms with Gasteiger partial charge in [0.15, 0.2) is 0 Å². The second-order valence-corrected chi connectivity index (χ2v) is 5.70. The van der Waals surface area contributed by atoms with Crippen molar-refractivity contribution >= 4 is 43.4 Å². The van der Waals surface area contributed by atoms with Crippen LogP contribution >= 0.6 is 0 Å². The van der Waals surface area contributed by atoms with Crippen LogP contribution in [0, 0.1) is 0 Å². The van der Waals surface area contributed by atoms with Crippen molar-refractivity contribution in [3.8, 4) is 5.75 Å². The molecule has 5 aromatic rings. The Morgan fingerprint density at radius 2 is 1.32 bits per heavy atom. The average molecular weight is 283 g/mol. The van der Waals surface area contributed by atoms with Crippen LogP contribution in [-0.2, 0) is 0 Å². The third-order valence-corrected chi connectivity index (χ3v) is 4.47. The summed E-state index contributed by atoms with van der Waals surface area (Å²) in [5.41, 5.74) is 2.16. The predicted octanol–water partition coefficient (Wildman–Crippen LogP) is 5.33. The fourth-order valence-corrected chi connectivity index (χ4v) is 3.51. The van der Waals surface area contributed by atoms with Crippen LogP contribution in [0.3, 0.4) is 0 Å². The van der Waals surface area contributed by atoms with E-state index in [0.29, 0.717) is 5.75 Å². The number of rotatable bonds is 0. The maximum absolute atomic E-state index is 10.4. The first kappa shape index (κ1) is 11.6. The van der Waals surface area contributed by atoms with Gasteiger partial charge >= 0.3 is 0 Å². The van der Waals surface area contributed by atoms with Gasteiger partial charge in [0, 0.05) is 27.2 Å². The molecule has 0 bridgehead atoms. The van der Waals surface area contributed by atoms with Gasteiger partial charge in [-0.25, -0.2) is 0 Å². The maximum atomic E-state index is 10.4. The van der Waals surface area contributed by atoms with Crippen molar-refractivity contribution in [3.63, 3.8) is 0 Å². The number of phenolic OH excluding ortho intramolecular Hbond substituents is 1. The van der Waals surface area contributed by atoms with Gasteiger partial charge in [0.25, 0.3) is 0 Å². The number of hydrogen-bond donors (Lipinski definition) is 2. The third kappa shape index (κ3) is 1.39. The van der Waals surface area contributed by atoms with E-state index < -0.39 is 0 Å². The van der Waals surface area contributed by atoms with E-state index >= 15 is 0 Å². The van der Waals surface area contributed by atoms with Gasteiger partial charge < -0.3 is 10.1 Å². The first-order valence-electron chi connectivity index (χ1n) is 7.37. The fourth-order valence-electron chi connectivity index (χ4n) is 3.51. The van der Waals surface area contributed by atoms with Crippen molar-refractivity contribution in [2.24, 2.45) is 0 Å². The zero-order valence-corrected chi connectivity index (χ0v) is 11.8. The van der Waals surface area contributed by atoms with Crippen LogP contribution in [0.15, 0.2) is 66.7 Å². The van der Waals surface area contributed by atoms with Crippen LogP contribution in [0.4, 0.5) is 0 Å². The molecule has 0 aliphatic heterocycles. The first-order valence-corrected chi connectivity index (χ1v) is 7.37. The number of phenols is 1. The highest BCUT2D eigenvalue weighted by atomic mass is 16.3. The Labute approximate surface area is 126 Å². The molecule has 5 rings (SSSR count). The Morgan fingerprint density at radius 1 is 0.591 bits per heavy atom. The van der Waals surface area contributed by atoms with Gasteiger partial charge in [0.2, 0.25) is 0 Å². The van der Waals surface area contributed by atoms with Crippen molar-refractivity contribution in [1.29, 1.82) is 0 Å². The molecule has 0 spiro atoms. The Bertz CT molecular complexity index is 1180. The van der Waals surface area contributed by atoms with E-state index in [1.54, 1.807) is 6.07 Å². The number of aromatic hydroxyl groups is 1. The zero-order valence-electron chi connectivity index (χ0n) is 11.8. The van der Waals surface area contributed by atoms with Crippen LogP contribution in [0.2, 0.25) is 0 Å². The molecule has 0 saturated carbocycles. The minimum Gasteiger partial charge on any atom is -0.507 e. The minimum absolute atomic E-state index is 0.330. The Balaban J connectivity index is 2.19. The summed E-state index contributed by atoms with van der Waals surface area (Å²) in [5.74, 6) is 0.330. The molecule has 0 aliphatic carbocycles. The van der Waals surface area contributed by atoms with Crippen LogP contribution in [0.1, 0.15) is 0 Å².